The zero-order chi connectivity index (χ0) is 21.3. The highest BCUT2D eigenvalue weighted by molar-refractivity contribution is 5.79. The number of benzene rings is 1. The minimum absolute atomic E-state index is 0.000779. The summed E-state index contributed by atoms with van der Waals surface area (Å²) in [4.78, 5) is 20.9. The Kier molecular flexibility index (Phi) is 5.58. The van der Waals surface area contributed by atoms with Crippen molar-refractivity contribution in [3.63, 3.8) is 0 Å². The van der Waals surface area contributed by atoms with Crippen LogP contribution in [0.4, 0.5) is 19.0 Å². The van der Waals surface area contributed by atoms with Crippen molar-refractivity contribution >= 4 is 11.7 Å². The topological polar surface area (TPSA) is 45.7 Å². The van der Waals surface area contributed by atoms with Crippen LogP contribution in [0.1, 0.15) is 24.0 Å². The van der Waals surface area contributed by atoms with Crippen molar-refractivity contribution in [2.75, 3.05) is 31.6 Å². The van der Waals surface area contributed by atoms with Crippen molar-refractivity contribution in [3.8, 4) is 5.75 Å². The van der Waals surface area contributed by atoms with Gasteiger partial charge < -0.3 is 14.5 Å². The Morgan fingerprint density at radius 3 is 2.60 bits per heavy atom. The van der Waals surface area contributed by atoms with Gasteiger partial charge in [0.1, 0.15) is 11.6 Å². The zero-order valence-electron chi connectivity index (χ0n) is 16.7. The molecule has 1 aromatic heterocycles. The van der Waals surface area contributed by atoms with Gasteiger partial charge in [-0.2, -0.15) is 13.2 Å². The minimum atomic E-state index is -4.40. The number of hydrogen-bond donors (Lipinski definition) is 0. The maximum atomic E-state index is 13.1. The number of hydrogen-bond acceptors (Lipinski definition) is 4. The number of rotatable bonds is 4. The van der Waals surface area contributed by atoms with Gasteiger partial charge in [-0.15, -0.1) is 0 Å². The molecule has 2 aliphatic heterocycles. The first-order valence-electron chi connectivity index (χ1n) is 10.1. The van der Waals surface area contributed by atoms with E-state index in [2.05, 4.69) is 4.98 Å². The number of aromatic nitrogens is 1. The van der Waals surface area contributed by atoms with Crippen LogP contribution in [0.3, 0.4) is 0 Å². The van der Waals surface area contributed by atoms with Gasteiger partial charge in [0.2, 0.25) is 5.91 Å². The van der Waals surface area contributed by atoms with E-state index in [-0.39, 0.29) is 11.9 Å². The average Bonchev–Trinajstić information content (AvgIpc) is 3.17. The number of piperidine rings is 1. The number of likely N-dealkylation sites (tertiary alicyclic amines) is 1. The number of halogens is 3. The largest absolute Gasteiger partial charge is 0.497 e. The summed E-state index contributed by atoms with van der Waals surface area (Å²) in [5.74, 6) is 1.49. The van der Waals surface area contributed by atoms with Crippen LogP contribution in [0.15, 0.2) is 42.6 Å². The minimum Gasteiger partial charge on any atom is -0.497 e. The summed E-state index contributed by atoms with van der Waals surface area (Å²) >= 11 is 0. The van der Waals surface area contributed by atoms with Crippen LogP contribution in [0.25, 0.3) is 0 Å². The lowest BCUT2D eigenvalue weighted by Gasteiger charge is -2.39. The van der Waals surface area contributed by atoms with Crippen molar-refractivity contribution in [1.82, 2.24) is 9.88 Å². The van der Waals surface area contributed by atoms with E-state index in [1.165, 1.54) is 6.20 Å². The first-order valence-corrected chi connectivity index (χ1v) is 10.1. The summed E-state index contributed by atoms with van der Waals surface area (Å²) in [6, 6.07) is 9.50. The van der Waals surface area contributed by atoms with Crippen LogP contribution in [0, 0.1) is 5.92 Å². The van der Waals surface area contributed by atoms with Gasteiger partial charge in [0, 0.05) is 25.8 Å². The van der Waals surface area contributed by atoms with Gasteiger partial charge in [-0.1, -0.05) is 12.1 Å². The molecular weight excluding hydrogens is 395 g/mol. The molecule has 0 radical (unpaired) electrons. The van der Waals surface area contributed by atoms with Gasteiger partial charge in [-0.25, -0.2) is 4.98 Å². The Hall–Kier alpha value is -2.77. The van der Waals surface area contributed by atoms with E-state index >= 15 is 0 Å². The van der Waals surface area contributed by atoms with Gasteiger partial charge in [-0.3, -0.25) is 4.79 Å². The molecule has 8 heteroatoms. The average molecular weight is 419 g/mol. The second kappa shape index (κ2) is 8.16. The second-order valence-corrected chi connectivity index (χ2v) is 7.86. The van der Waals surface area contributed by atoms with Crippen molar-refractivity contribution in [3.05, 3.63) is 53.7 Å². The molecule has 2 aliphatic rings. The van der Waals surface area contributed by atoms with Gasteiger partial charge in [0.15, 0.2) is 0 Å². The summed E-state index contributed by atoms with van der Waals surface area (Å²) in [6.45, 7) is 1.84. The molecule has 1 aromatic carbocycles. The number of alkyl halides is 3. The van der Waals surface area contributed by atoms with Crippen LogP contribution in [-0.2, 0) is 17.4 Å². The van der Waals surface area contributed by atoms with Crippen LogP contribution < -0.4 is 9.64 Å². The van der Waals surface area contributed by atoms with Gasteiger partial charge in [0.25, 0.3) is 0 Å². The van der Waals surface area contributed by atoms with Crippen LogP contribution >= 0.6 is 0 Å². The number of anilines is 1. The molecule has 5 nitrogen and oxygen atoms in total. The van der Waals surface area contributed by atoms with E-state index in [0.717, 1.165) is 36.3 Å². The molecule has 1 amide bonds. The van der Waals surface area contributed by atoms with Crippen molar-refractivity contribution in [2.24, 2.45) is 5.92 Å². The van der Waals surface area contributed by atoms with Crippen molar-refractivity contribution in [2.45, 2.75) is 31.5 Å². The molecule has 160 valence electrons. The fourth-order valence-corrected chi connectivity index (χ4v) is 4.45. The number of ether oxygens (including phenoxy) is 1. The highest BCUT2D eigenvalue weighted by Gasteiger charge is 2.41. The predicted octanol–water partition coefficient (Wildman–Crippen LogP) is 3.78. The Morgan fingerprint density at radius 2 is 1.90 bits per heavy atom. The first kappa shape index (κ1) is 20.5. The normalized spacial score (nSPS) is 21.5. The van der Waals surface area contributed by atoms with E-state index in [1.54, 1.807) is 7.11 Å². The van der Waals surface area contributed by atoms with E-state index in [4.69, 9.17) is 4.74 Å². The Balaban J connectivity index is 1.46. The Morgan fingerprint density at radius 1 is 1.17 bits per heavy atom. The molecule has 0 bridgehead atoms. The molecule has 2 fully saturated rings. The highest BCUT2D eigenvalue weighted by Crippen LogP contribution is 2.35. The van der Waals surface area contributed by atoms with Gasteiger partial charge >= 0.3 is 6.18 Å². The number of carbonyl (C=O) groups is 1. The summed E-state index contributed by atoms with van der Waals surface area (Å²) in [6.07, 6.45) is -1.12. The number of carbonyl (C=O) groups excluding carboxylic acids is 1. The third-order valence-electron chi connectivity index (χ3n) is 6.09. The zero-order valence-corrected chi connectivity index (χ0v) is 16.7. The van der Waals surface area contributed by atoms with Crippen molar-refractivity contribution in [1.29, 1.82) is 0 Å². The van der Waals surface area contributed by atoms with Crippen LogP contribution in [0.2, 0.25) is 0 Å². The molecule has 2 unspecified atom stereocenters. The lowest BCUT2D eigenvalue weighted by atomic mass is 9.92. The number of pyridine rings is 1. The third-order valence-corrected chi connectivity index (χ3v) is 6.09. The summed E-state index contributed by atoms with van der Waals surface area (Å²) < 4.78 is 44.3. The fraction of sp³-hybridized carbons (Fsp3) is 0.455. The fourth-order valence-electron chi connectivity index (χ4n) is 4.45. The standard InChI is InChI=1S/C22H24F3N3O2/c1-30-18-4-2-15(3-5-18)12-21(29)28-11-8-16-7-10-27(14-19(16)28)20-13-17(6-9-26-20)22(23,24)25/h2-6,9,13,16,19H,7-8,10-12,14H2,1H3. The van der Waals surface area contributed by atoms with Crippen molar-refractivity contribution < 1.29 is 22.7 Å². The van der Waals surface area contributed by atoms with Crippen LogP contribution in [0.5, 0.6) is 5.75 Å². The molecule has 0 aliphatic carbocycles. The molecule has 0 saturated carbocycles. The lowest BCUT2D eigenvalue weighted by Crippen LogP contribution is -2.50. The molecule has 2 aromatic rings. The maximum Gasteiger partial charge on any atom is 0.416 e. The second-order valence-electron chi connectivity index (χ2n) is 7.86. The summed E-state index contributed by atoms with van der Waals surface area (Å²) in [5, 5.41) is 0. The van der Waals surface area contributed by atoms with Gasteiger partial charge in [-0.05, 0) is 48.6 Å². The summed E-state index contributed by atoms with van der Waals surface area (Å²) in [5.41, 5.74) is 0.213. The quantitative estimate of drug-likeness (QED) is 0.757. The number of methoxy groups -OCH3 is 1. The molecule has 3 heterocycles. The smallest absolute Gasteiger partial charge is 0.416 e. The van der Waals surface area contributed by atoms with E-state index in [0.29, 0.717) is 37.8 Å². The first-order chi connectivity index (χ1) is 14.3. The van der Waals surface area contributed by atoms with E-state index in [9.17, 15) is 18.0 Å². The SMILES string of the molecule is COc1ccc(CC(=O)N2CCC3CCN(c4cc(C(F)(F)F)ccn4)CC32)cc1. The molecule has 30 heavy (non-hydrogen) atoms. The molecule has 0 N–H and O–H groups in total. The molecule has 0 spiro atoms. The maximum absolute atomic E-state index is 13.1. The monoisotopic (exact) mass is 419 g/mol. The molecule has 2 saturated heterocycles. The Bertz CT molecular complexity index is 901. The predicted molar refractivity (Wildman–Crippen MR) is 106 cm³/mol. The van der Waals surface area contributed by atoms with Crippen LogP contribution in [-0.4, -0.2) is 48.6 Å². The van der Waals surface area contributed by atoms with E-state index < -0.39 is 11.7 Å². The third kappa shape index (κ3) is 4.22. The highest BCUT2D eigenvalue weighted by atomic mass is 19.4. The van der Waals surface area contributed by atoms with E-state index in [1.807, 2.05) is 34.1 Å². The summed E-state index contributed by atoms with van der Waals surface area (Å²) in [7, 11) is 1.60. The molecule has 2 atom stereocenters. The number of amides is 1. The molecule has 4 rings (SSSR count). The number of nitrogens with zero attached hydrogens (tertiary/aromatic N) is 3. The Labute approximate surface area is 173 Å². The lowest BCUT2D eigenvalue weighted by molar-refractivity contribution is -0.137. The number of fused-ring (bicyclic) bond motifs is 1. The molecular formula is C22H24F3N3O2. The van der Waals surface area contributed by atoms with Gasteiger partial charge in [0.05, 0.1) is 25.1 Å².